The zero-order chi connectivity index (χ0) is 12.7. The number of hydrogen-bond donors (Lipinski definition) is 1. The Bertz CT molecular complexity index is 393. The van der Waals surface area contributed by atoms with Gasteiger partial charge in [-0.05, 0) is 26.3 Å². The average molecular weight is 232 g/mol. The Balaban J connectivity index is 2.67. The second-order valence-corrected chi connectivity index (χ2v) is 4.65. The lowest BCUT2D eigenvalue weighted by Crippen LogP contribution is -2.37. The molecule has 0 spiro atoms. The summed E-state index contributed by atoms with van der Waals surface area (Å²) in [6.45, 7) is 7.35. The summed E-state index contributed by atoms with van der Waals surface area (Å²) in [5, 5.41) is 12.0. The topological polar surface area (TPSA) is 45.0 Å². The van der Waals surface area contributed by atoms with Crippen molar-refractivity contribution in [3.8, 4) is 11.8 Å². The molecule has 0 atom stereocenters. The van der Waals surface area contributed by atoms with Crippen LogP contribution in [0, 0.1) is 11.3 Å². The number of nitrogens with zero attached hydrogens (tertiary/aromatic N) is 1. The van der Waals surface area contributed by atoms with Crippen LogP contribution in [0.4, 0.5) is 0 Å². The van der Waals surface area contributed by atoms with Crippen LogP contribution in [0.25, 0.3) is 0 Å². The summed E-state index contributed by atoms with van der Waals surface area (Å²) >= 11 is 0. The van der Waals surface area contributed by atoms with Crippen LogP contribution < -0.4 is 10.1 Å². The summed E-state index contributed by atoms with van der Waals surface area (Å²) in [6, 6.07) is 9.80. The highest BCUT2D eigenvalue weighted by atomic mass is 16.5. The molecule has 0 radical (unpaired) electrons. The maximum Gasteiger partial charge on any atom is 0.174 e. The number of nitrogens with one attached hydrogen (secondary N) is 1. The van der Waals surface area contributed by atoms with E-state index in [-0.39, 0.29) is 12.1 Å². The minimum absolute atomic E-state index is 0.0915. The van der Waals surface area contributed by atoms with Crippen molar-refractivity contribution in [1.29, 1.82) is 5.26 Å². The van der Waals surface area contributed by atoms with E-state index in [0.717, 1.165) is 24.3 Å². The van der Waals surface area contributed by atoms with Gasteiger partial charge in [0, 0.05) is 17.6 Å². The smallest absolute Gasteiger partial charge is 0.174 e. The van der Waals surface area contributed by atoms with Crippen LogP contribution in [0.1, 0.15) is 32.8 Å². The molecule has 1 aromatic carbocycles. The van der Waals surface area contributed by atoms with E-state index < -0.39 is 0 Å². The zero-order valence-electron chi connectivity index (χ0n) is 10.8. The quantitative estimate of drug-likeness (QED) is 0.820. The molecule has 0 unspecified atom stereocenters. The predicted octanol–water partition coefficient (Wildman–Crippen LogP) is 2.87. The molecule has 0 saturated carbocycles. The van der Waals surface area contributed by atoms with Gasteiger partial charge < -0.3 is 10.1 Å². The van der Waals surface area contributed by atoms with Gasteiger partial charge >= 0.3 is 0 Å². The van der Waals surface area contributed by atoms with Crippen LogP contribution in [0.2, 0.25) is 0 Å². The van der Waals surface area contributed by atoms with Crippen LogP contribution in [-0.4, -0.2) is 12.1 Å². The van der Waals surface area contributed by atoms with Gasteiger partial charge in [-0.1, -0.05) is 25.1 Å². The largest absolute Gasteiger partial charge is 0.478 e. The van der Waals surface area contributed by atoms with Gasteiger partial charge in [0.2, 0.25) is 0 Å². The molecule has 0 saturated heterocycles. The molecule has 1 rings (SSSR count). The van der Waals surface area contributed by atoms with E-state index in [9.17, 15) is 0 Å². The summed E-state index contributed by atoms with van der Waals surface area (Å²) in [4.78, 5) is 0. The average Bonchev–Trinajstić information content (AvgIpc) is 2.35. The van der Waals surface area contributed by atoms with Crippen LogP contribution in [-0.2, 0) is 6.54 Å². The van der Waals surface area contributed by atoms with E-state index in [1.54, 1.807) is 0 Å². The van der Waals surface area contributed by atoms with E-state index >= 15 is 0 Å². The molecule has 0 aromatic heterocycles. The fourth-order valence-electron chi connectivity index (χ4n) is 1.36. The fraction of sp³-hybridized carbons (Fsp3) is 0.500. The zero-order valence-corrected chi connectivity index (χ0v) is 10.8. The molecule has 0 amide bonds. The Kier molecular flexibility index (Phi) is 4.99. The molecule has 1 aromatic rings. The maximum atomic E-state index is 8.53. The lowest BCUT2D eigenvalue weighted by atomic mass is 10.0. The van der Waals surface area contributed by atoms with E-state index in [1.165, 1.54) is 0 Å². The van der Waals surface area contributed by atoms with Crippen molar-refractivity contribution in [1.82, 2.24) is 5.32 Å². The Morgan fingerprint density at radius 1 is 1.35 bits per heavy atom. The number of para-hydroxylation sites is 1. The van der Waals surface area contributed by atoms with Crippen molar-refractivity contribution in [2.24, 2.45) is 0 Å². The number of benzene rings is 1. The molecule has 0 bridgehead atoms. The highest BCUT2D eigenvalue weighted by molar-refractivity contribution is 5.33. The first-order chi connectivity index (χ1) is 8.09. The van der Waals surface area contributed by atoms with E-state index in [0.29, 0.717) is 0 Å². The van der Waals surface area contributed by atoms with Gasteiger partial charge in [-0.3, -0.25) is 0 Å². The van der Waals surface area contributed by atoms with Gasteiger partial charge in [0.1, 0.15) is 11.8 Å². The first-order valence-electron chi connectivity index (χ1n) is 5.92. The Labute approximate surface area is 103 Å². The molecule has 0 fully saturated rings. The number of ether oxygens (including phenoxy) is 1. The third-order valence-electron chi connectivity index (χ3n) is 2.91. The van der Waals surface area contributed by atoms with Gasteiger partial charge in [0.05, 0.1) is 0 Å². The third-order valence-corrected chi connectivity index (χ3v) is 2.91. The van der Waals surface area contributed by atoms with Crippen molar-refractivity contribution < 1.29 is 4.74 Å². The summed E-state index contributed by atoms with van der Waals surface area (Å²) < 4.78 is 5.38. The fourth-order valence-corrected chi connectivity index (χ4v) is 1.36. The normalized spacial score (nSPS) is 10.9. The van der Waals surface area contributed by atoms with Crippen molar-refractivity contribution >= 4 is 0 Å². The highest BCUT2D eigenvalue weighted by Gasteiger charge is 2.14. The Hall–Kier alpha value is -1.53. The molecule has 1 N–H and O–H groups in total. The molecule has 0 heterocycles. The molecule has 3 heteroatoms. The minimum atomic E-state index is 0.0915. The molecule has 0 aliphatic carbocycles. The van der Waals surface area contributed by atoms with Crippen LogP contribution >= 0.6 is 0 Å². The Morgan fingerprint density at radius 2 is 2.06 bits per heavy atom. The van der Waals surface area contributed by atoms with Crippen molar-refractivity contribution in [3.63, 3.8) is 0 Å². The standard InChI is InChI=1S/C14H20N2O/c1-4-14(2,3)16-11-12-7-5-6-8-13(12)17-10-9-15/h5-8,16H,4,10-11H2,1-3H3. The lowest BCUT2D eigenvalue weighted by Gasteiger charge is -2.25. The van der Waals surface area contributed by atoms with E-state index in [4.69, 9.17) is 10.00 Å². The lowest BCUT2D eigenvalue weighted by molar-refractivity contribution is 0.348. The highest BCUT2D eigenvalue weighted by Crippen LogP contribution is 2.19. The van der Waals surface area contributed by atoms with Crippen molar-refractivity contribution in [3.05, 3.63) is 29.8 Å². The first kappa shape index (κ1) is 13.5. The van der Waals surface area contributed by atoms with Crippen LogP contribution in [0.5, 0.6) is 5.75 Å². The van der Waals surface area contributed by atoms with Crippen LogP contribution in [0.3, 0.4) is 0 Å². The van der Waals surface area contributed by atoms with Gasteiger partial charge in [0.25, 0.3) is 0 Å². The van der Waals surface area contributed by atoms with Gasteiger partial charge in [0.15, 0.2) is 6.61 Å². The van der Waals surface area contributed by atoms with Gasteiger partial charge in [-0.15, -0.1) is 0 Å². The second-order valence-electron chi connectivity index (χ2n) is 4.65. The minimum Gasteiger partial charge on any atom is -0.478 e. The molecule has 0 aliphatic heterocycles. The Morgan fingerprint density at radius 3 is 2.71 bits per heavy atom. The molecular formula is C14H20N2O. The van der Waals surface area contributed by atoms with Crippen LogP contribution in [0.15, 0.2) is 24.3 Å². The summed E-state index contributed by atoms with van der Waals surface area (Å²) in [7, 11) is 0. The molecule has 3 nitrogen and oxygen atoms in total. The molecule has 0 aliphatic rings. The molecule has 92 valence electrons. The monoisotopic (exact) mass is 232 g/mol. The molecular weight excluding hydrogens is 212 g/mol. The maximum absolute atomic E-state index is 8.53. The molecule has 17 heavy (non-hydrogen) atoms. The summed E-state index contributed by atoms with van der Waals surface area (Å²) in [6.07, 6.45) is 1.06. The second kappa shape index (κ2) is 6.27. The third kappa shape index (κ3) is 4.46. The number of nitriles is 1. The van der Waals surface area contributed by atoms with Crippen molar-refractivity contribution in [2.75, 3.05) is 6.61 Å². The van der Waals surface area contributed by atoms with Gasteiger partial charge in [-0.2, -0.15) is 5.26 Å². The first-order valence-corrected chi connectivity index (χ1v) is 5.92. The number of hydrogen-bond acceptors (Lipinski definition) is 3. The summed E-state index contributed by atoms with van der Waals surface area (Å²) in [5.74, 6) is 0.786. The van der Waals surface area contributed by atoms with Gasteiger partial charge in [-0.25, -0.2) is 0 Å². The number of rotatable bonds is 6. The van der Waals surface area contributed by atoms with E-state index in [1.807, 2.05) is 30.3 Å². The van der Waals surface area contributed by atoms with E-state index in [2.05, 4.69) is 26.1 Å². The SMILES string of the molecule is CCC(C)(C)NCc1ccccc1OCC#N. The predicted molar refractivity (Wildman–Crippen MR) is 68.8 cm³/mol. The summed E-state index contributed by atoms with van der Waals surface area (Å²) in [5.41, 5.74) is 1.20. The van der Waals surface area contributed by atoms with Crippen molar-refractivity contribution in [2.45, 2.75) is 39.3 Å².